The number of halogens is 2. The third kappa shape index (κ3) is 3.02. The van der Waals surface area contributed by atoms with Gasteiger partial charge in [0.15, 0.2) is 11.5 Å². The highest BCUT2D eigenvalue weighted by Gasteiger charge is 2.20. The van der Waals surface area contributed by atoms with Crippen LogP contribution in [0.25, 0.3) is 0 Å². The van der Waals surface area contributed by atoms with E-state index in [-0.39, 0.29) is 21.4 Å². The van der Waals surface area contributed by atoms with Crippen LogP contribution < -0.4 is 8.92 Å². The van der Waals surface area contributed by atoms with Crippen LogP contribution in [0.1, 0.15) is 0 Å². The minimum absolute atomic E-state index is 0.0375. The van der Waals surface area contributed by atoms with Gasteiger partial charge in [0.2, 0.25) is 0 Å². The molecule has 0 radical (unpaired) electrons. The van der Waals surface area contributed by atoms with Crippen LogP contribution in [-0.2, 0) is 10.1 Å². The number of benzene rings is 2. The maximum atomic E-state index is 13.0. The lowest BCUT2D eigenvalue weighted by molar-refractivity contribution is 0.390. The highest BCUT2D eigenvalue weighted by Crippen LogP contribution is 2.29. The van der Waals surface area contributed by atoms with E-state index in [0.717, 1.165) is 18.2 Å². The van der Waals surface area contributed by atoms with Gasteiger partial charge in [0.25, 0.3) is 0 Å². The second-order valence-corrected chi connectivity index (χ2v) is 5.72. The minimum atomic E-state index is -4.12. The average molecular weight is 317 g/mol. The molecule has 0 saturated heterocycles. The summed E-state index contributed by atoms with van der Waals surface area (Å²) in [5.74, 6) is -0.400. The normalized spacial score (nSPS) is 11.2. The molecule has 0 amide bonds. The van der Waals surface area contributed by atoms with Crippen molar-refractivity contribution >= 4 is 21.7 Å². The predicted octanol–water partition coefficient (Wildman–Crippen LogP) is 3.26. The van der Waals surface area contributed by atoms with Crippen LogP contribution in [0, 0.1) is 5.82 Å². The number of methoxy groups -OCH3 is 1. The number of hydrogen-bond donors (Lipinski definition) is 0. The molecule has 20 heavy (non-hydrogen) atoms. The molecule has 106 valence electrons. The summed E-state index contributed by atoms with van der Waals surface area (Å²) in [5.41, 5.74) is 0. The Bertz CT molecular complexity index is 731. The van der Waals surface area contributed by atoms with Gasteiger partial charge < -0.3 is 8.92 Å². The first-order valence-electron chi connectivity index (χ1n) is 5.46. The molecular weight excluding hydrogens is 307 g/mol. The van der Waals surface area contributed by atoms with Crippen molar-refractivity contribution in [1.29, 1.82) is 0 Å². The molecule has 2 aromatic rings. The van der Waals surface area contributed by atoms with Gasteiger partial charge in [-0.05, 0) is 30.3 Å². The SMILES string of the molecule is COc1ccccc1OS(=O)(=O)c1ccc(F)c(Cl)c1. The zero-order valence-corrected chi connectivity index (χ0v) is 11.9. The highest BCUT2D eigenvalue weighted by atomic mass is 35.5. The Hall–Kier alpha value is -1.79. The van der Waals surface area contributed by atoms with Gasteiger partial charge in [0.05, 0.1) is 12.1 Å². The fraction of sp³-hybridized carbons (Fsp3) is 0.0769. The standard InChI is InChI=1S/C13H10ClFO4S/c1-18-12-4-2-3-5-13(12)19-20(16,17)9-6-7-11(15)10(14)8-9/h2-8H,1H3. The van der Waals surface area contributed by atoms with E-state index in [0.29, 0.717) is 0 Å². The first kappa shape index (κ1) is 14.6. The average Bonchev–Trinajstić information content (AvgIpc) is 2.42. The molecule has 2 rings (SSSR count). The Morgan fingerprint density at radius 1 is 1.10 bits per heavy atom. The van der Waals surface area contributed by atoms with Crippen molar-refractivity contribution in [3.63, 3.8) is 0 Å². The Kier molecular flexibility index (Phi) is 4.15. The number of hydrogen-bond acceptors (Lipinski definition) is 4. The van der Waals surface area contributed by atoms with E-state index >= 15 is 0 Å². The van der Waals surface area contributed by atoms with E-state index < -0.39 is 15.9 Å². The van der Waals surface area contributed by atoms with E-state index in [1.165, 1.54) is 13.2 Å². The summed E-state index contributed by atoms with van der Waals surface area (Å²) < 4.78 is 47.2. The number of rotatable bonds is 4. The third-order valence-electron chi connectivity index (χ3n) is 2.45. The molecule has 0 saturated carbocycles. The summed E-state index contributed by atoms with van der Waals surface area (Å²) in [6, 6.07) is 9.30. The Labute approximate surface area is 120 Å². The monoisotopic (exact) mass is 316 g/mol. The second-order valence-electron chi connectivity index (χ2n) is 3.76. The topological polar surface area (TPSA) is 52.6 Å². The molecule has 0 aliphatic carbocycles. The van der Waals surface area contributed by atoms with Crippen molar-refractivity contribution in [2.45, 2.75) is 4.90 Å². The summed E-state index contributed by atoms with van der Waals surface area (Å²) in [6.45, 7) is 0. The van der Waals surface area contributed by atoms with Crippen molar-refractivity contribution in [3.05, 3.63) is 53.3 Å². The van der Waals surface area contributed by atoms with Crippen molar-refractivity contribution in [2.24, 2.45) is 0 Å². The molecule has 0 N–H and O–H groups in total. The van der Waals surface area contributed by atoms with E-state index in [1.807, 2.05) is 0 Å². The second kappa shape index (κ2) is 5.68. The van der Waals surface area contributed by atoms with Gasteiger partial charge in [0.1, 0.15) is 10.7 Å². The van der Waals surface area contributed by atoms with Crippen molar-refractivity contribution in [1.82, 2.24) is 0 Å². The van der Waals surface area contributed by atoms with E-state index in [1.54, 1.807) is 18.2 Å². The maximum absolute atomic E-state index is 13.0. The third-order valence-corrected chi connectivity index (χ3v) is 3.97. The number of para-hydroxylation sites is 2. The zero-order valence-electron chi connectivity index (χ0n) is 10.3. The summed E-state index contributed by atoms with van der Waals surface area (Å²) in [6.07, 6.45) is 0. The minimum Gasteiger partial charge on any atom is -0.493 e. The van der Waals surface area contributed by atoms with Gasteiger partial charge in [-0.3, -0.25) is 0 Å². The van der Waals surface area contributed by atoms with Crippen molar-refractivity contribution in [2.75, 3.05) is 7.11 Å². The molecule has 0 heterocycles. The van der Waals surface area contributed by atoms with E-state index in [9.17, 15) is 12.8 Å². The predicted molar refractivity (Wildman–Crippen MR) is 72.2 cm³/mol. The van der Waals surface area contributed by atoms with Gasteiger partial charge in [-0.25, -0.2) is 4.39 Å². The fourth-order valence-electron chi connectivity index (χ4n) is 1.49. The van der Waals surface area contributed by atoms with E-state index in [4.69, 9.17) is 20.5 Å². The molecule has 2 aromatic carbocycles. The van der Waals surface area contributed by atoms with Crippen LogP contribution in [-0.4, -0.2) is 15.5 Å². The smallest absolute Gasteiger partial charge is 0.339 e. The van der Waals surface area contributed by atoms with Crippen molar-refractivity contribution < 1.29 is 21.7 Å². The molecule has 4 nitrogen and oxygen atoms in total. The first-order valence-corrected chi connectivity index (χ1v) is 7.25. The van der Waals surface area contributed by atoms with E-state index in [2.05, 4.69) is 0 Å². The Morgan fingerprint density at radius 2 is 1.75 bits per heavy atom. The largest absolute Gasteiger partial charge is 0.493 e. The lowest BCUT2D eigenvalue weighted by Crippen LogP contribution is -2.10. The molecule has 0 fully saturated rings. The molecule has 0 unspecified atom stereocenters. The Balaban J connectivity index is 2.38. The van der Waals surface area contributed by atoms with Crippen LogP contribution in [0.3, 0.4) is 0 Å². The van der Waals surface area contributed by atoms with Gasteiger partial charge in [-0.1, -0.05) is 23.7 Å². The lowest BCUT2D eigenvalue weighted by Gasteiger charge is -2.10. The van der Waals surface area contributed by atoms with Gasteiger partial charge in [-0.2, -0.15) is 8.42 Å². The highest BCUT2D eigenvalue weighted by molar-refractivity contribution is 7.87. The first-order chi connectivity index (χ1) is 9.44. The Morgan fingerprint density at radius 3 is 2.35 bits per heavy atom. The van der Waals surface area contributed by atoms with Crippen LogP contribution in [0.15, 0.2) is 47.4 Å². The fourth-order valence-corrected chi connectivity index (χ4v) is 2.70. The maximum Gasteiger partial charge on any atom is 0.339 e. The van der Waals surface area contributed by atoms with Crippen molar-refractivity contribution in [3.8, 4) is 11.5 Å². The lowest BCUT2D eigenvalue weighted by atomic mass is 10.3. The summed E-state index contributed by atoms with van der Waals surface area (Å²) >= 11 is 5.56. The molecular formula is C13H10ClFO4S. The van der Waals surface area contributed by atoms with Crippen LogP contribution >= 0.6 is 11.6 Å². The molecule has 0 spiro atoms. The van der Waals surface area contributed by atoms with Gasteiger partial charge in [-0.15, -0.1) is 0 Å². The van der Waals surface area contributed by atoms with Crippen LogP contribution in [0.2, 0.25) is 5.02 Å². The summed E-state index contributed by atoms with van der Waals surface area (Å²) in [4.78, 5) is -0.241. The van der Waals surface area contributed by atoms with Gasteiger partial charge >= 0.3 is 10.1 Å². The molecule has 0 atom stereocenters. The molecule has 0 bridgehead atoms. The molecule has 0 aliphatic rings. The quantitative estimate of drug-likeness (QED) is 0.812. The zero-order chi connectivity index (χ0) is 14.8. The summed E-state index contributed by atoms with van der Waals surface area (Å²) in [5, 5.41) is -0.297. The summed E-state index contributed by atoms with van der Waals surface area (Å²) in [7, 11) is -2.72. The molecule has 7 heteroatoms. The molecule has 0 aromatic heterocycles. The number of ether oxygens (including phenoxy) is 1. The van der Waals surface area contributed by atoms with Crippen LogP contribution in [0.5, 0.6) is 11.5 Å². The molecule has 0 aliphatic heterocycles. The van der Waals surface area contributed by atoms with Crippen LogP contribution in [0.4, 0.5) is 4.39 Å². The van der Waals surface area contributed by atoms with Gasteiger partial charge in [0, 0.05) is 0 Å².